The van der Waals surface area contributed by atoms with Gasteiger partial charge in [-0.05, 0) is 42.7 Å². The molecule has 3 heteroatoms. The van der Waals surface area contributed by atoms with Gasteiger partial charge in [0.2, 0.25) is 0 Å². The molecule has 0 saturated carbocycles. The van der Waals surface area contributed by atoms with Gasteiger partial charge >= 0.3 is 0 Å². The summed E-state index contributed by atoms with van der Waals surface area (Å²) < 4.78 is 0. The molecule has 1 atom stereocenters. The average Bonchev–Trinajstić information content (AvgIpc) is 2.42. The fraction of sp³-hybridized carbons (Fsp3) is 0.250. The van der Waals surface area contributed by atoms with Crippen molar-refractivity contribution in [2.45, 2.75) is 19.4 Å². The van der Waals surface area contributed by atoms with Gasteiger partial charge in [0.05, 0.1) is 0 Å². The summed E-state index contributed by atoms with van der Waals surface area (Å²) in [6, 6.07) is 16.1. The first kappa shape index (κ1) is 13.4. The molecule has 0 aliphatic carbocycles. The Morgan fingerprint density at radius 1 is 1.11 bits per heavy atom. The normalized spacial score (nSPS) is 12.1. The largest absolute Gasteiger partial charge is 0.399 e. The molecule has 2 aromatic carbocycles. The van der Waals surface area contributed by atoms with E-state index in [1.165, 1.54) is 5.56 Å². The van der Waals surface area contributed by atoms with Crippen LogP contribution in [0.3, 0.4) is 0 Å². The average molecular weight is 256 g/mol. The molecule has 0 saturated heterocycles. The molecule has 19 heavy (non-hydrogen) atoms. The van der Waals surface area contributed by atoms with E-state index in [1.54, 1.807) is 0 Å². The van der Waals surface area contributed by atoms with Crippen LogP contribution in [-0.2, 0) is 6.42 Å². The summed E-state index contributed by atoms with van der Waals surface area (Å²) in [7, 11) is 0. The second kappa shape index (κ2) is 6.25. The van der Waals surface area contributed by atoms with E-state index in [-0.39, 0.29) is 12.6 Å². The summed E-state index contributed by atoms with van der Waals surface area (Å²) in [5.41, 5.74) is 9.86. The number of nitrogens with one attached hydrogen (secondary N) is 1. The summed E-state index contributed by atoms with van der Waals surface area (Å²) in [4.78, 5) is 0. The monoisotopic (exact) mass is 256 g/mol. The molecule has 0 heterocycles. The van der Waals surface area contributed by atoms with E-state index < -0.39 is 0 Å². The van der Waals surface area contributed by atoms with Crippen LogP contribution in [0.5, 0.6) is 0 Å². The number of rotatable bonds is 5. The van der Waals surface area contributed by atoms with Gasteiger partial charge in [-0.1, -0.05) is 30.3 Å². The van der Waals surface area contributed by atoms with Gasteiger partial charge in [-0.25, -0.2) is 0 Å². The third-order valence-corrected chi connectivity index (χ3v) is 3.21. The van der Waals surface area contributed by atoms with E-state index in [0.717, 1.165) is 16.9 Å². The second-order valence-corrected chi connectivity index (χ2v) is 4.66. The van der Waals surface area contributed by atoms with Crippen molar-refractivity contribution in [1.29, 1.82) is 0 Å². The van der Waals surface area contributed by atoms with Crippen LogP contribution in [0.4, 0.5) is 11.4 Å². The van der Waals surface area contributed by atoms with Gasteiger partial charge in [0.1, 0.15) is 0 Å². The van der Waals surface area contributed by atoms with Crippen LogP contribution >= 0.6 is 0 Å². The van der Waals surface area contributed by atoms with Gasteiger partial charge in [-0.3, -0.25) is 0 Å². The molecule has 0 spiro atoms. The molecule has 0 aliphatic rings. The van der Waals surface area contributed by atoms with Crippen molar-refractivity contribution in [2.24, 2.45) is 0 Å². The van der Waals surface area contributed by atoms with Crippen molar-refractivity contribution in [3.63, 3.8) is 0 Å². The zero-order chi connectivity index (χ0) is 13.7. The summed E-state index contributed by atoms with van der Waals surface area (Å²) in [6.45, 7) is 2.27. The predicted molar refractivity (Wildman–Crippen MR) is 80.1 cm³/mol. The highest BCUT2D eigenvalue weighted by Crippen LogP contribution is 2.23. The number of aliphatic hydroxyl groups is 1. The minimum atomic E-state index is 0.162. The lowest BCUT2D eigenvalue weighted by Crippen LogP contribution is -2.09. The zero-order valence-electron chi connectivity index (χ0n) is 11.1. The second-order valence-electron chi connectivity index (χ2n) is 4.66. The number of hydrogen-bond acceptors (Lipinski definition) is 3. The molecule has 0 aliphatic heterocycles. The lowest BCUT2D eigenvalue weighted by molar-refractivity contribution is 0.300. The van der Waals surface area contributed by atoms with Crippen molar-refractivity contribution in [3.8, 4) is 0 Å². The Balaban J connectivity index is 2.14. The Hall–Kier alpha value is -2.00. The van der Waals surface area contributed by atoms with Gasteiger partial charge in [-0.15, -0.1) is 0 Å². The molecule has 0 bridgehead atoms. The highest BCUT2D eigenvalue weighted by atomic mass is 16.2. The van der Waals surface area contributed by atoms with Crippen LogP contribution in [0.25, 0.3) is 0 Å². The number of hydrogen-bond donors (Lipinski definition) is 3. The van der Waals surface area contributed by atoms with Crippen LogP contribution < -0.4 is 11.1 Å². The number of nitrogen functional groups attached to an aromatic ring is 1. The van der Waals surface area contributed by atoms with Gasteiger partial charge in [-0.2, -0.15) is 0 Å². The smallest absolute Gasteiger partial charge is 0.0485 e. The molecule has 2 rings (SSSR count). The molecule has 1 unspecified atom stereocenters. The fourth-order valence-electron chi connectivity index (χ4n) is 2.10. The Kier molecular flexibility index (Phi) is 4.42. The lowest BCUT2D eigenvalue weighted by atomic mass is 10.1. The minimum absolute atomic E-state index is 0.162. The first-order chi connectivity index (χ1) is 9.20. The molecular formula is C16H20N2O. The van der Waals surface area contributed by atoms with E-state index in [1.807, 2.05) is 48.5 Å². The number of para-hydroxylation sites is 1. The molecule has 0 fully saturated rings. The topological polar surface area (TPSA) is 58.3 Å². The summed E-state index contributed by atoms with van der Waals surface area (Å²) in [6.07, 6.45) is 0.664. The van der Waals surface area contributed by atoms with Crippen molar-refractivity contribution < 1.29 is 5.11 Å². The molecule has 100 valence electrons. The van der Waals surface area contributed by atoms with Gasteiger partial charge < -0.3 is 16.2 Å². The molecular weight excluding hydrogens is 236 g/mol. The van der Waals surface area contributed by atoms with Crippen LogP contribution in [0.15, 0.2) is 48.5 Å². The van der Waals surface area contributed by atoms with Gasteiger partial charge in [0.15, 0.2) is 0 Å². The maximum atomic E-state index is 9.08. The Labute approximate surface area is 114 Å². The Morgan fingerprint density at radius 3 is 2.47 bits per heavy atom. The van der Waals surface area contributed by atoms with E-state index >= 15 is 0 Å². The molecule has 4 N–H and O–H groups in total. The predicted octanol–water partition coefficient (Wildman–Crippen LogP) is 2.98. The zero-order valence-corrected chi connectivity index (χ0v) is 11.1. The SMILES string of the molecule is CC(Nc1ccccc1CCO)c1ccc(N)cc1. The maximum absolute atomic E-state index is 9.08. The third-order valence-electron chi connectivity index (χ3n) is 3.21. The van der Waals surface area contributed by atoms with E-state index in [9.17, 15) is 0 Å². The third kappa shape index (κ3) is 3.48. The standard InChI is InChI=1S/C16H20N2O/c1-12(13-6-8-15(17)9-7-13)18-16-5-3-2-4-14(16)10-11-19/h2-9,12,18-19H,10-11,17H2,1H3. The molecule has 0 aromatic heterocycles. The molecule has 0 amide bonds. The minimum Gasteiger partial charge on any atom is -0.399 e. The summed E-state index contributed by atoms with van der Waals surface area (Å²) in [5, 5.41) is 12.6. The highest BCUT2D eigenvalue weighted by Gasteiger charge is 2.07. The quantitative estimate of drug-likeness (QED) is 0.721. The van der Waals surface area contributed by atoms with Crippen molar-refractivity contribution >= 4 is 11.4 Å². The Morgan fingerprint density at radius 2 is 1.79 bits per heavy atom. The number of nitrogens with two attached hydrogens (primary N) is 1. The van der Waals surface area contributed by atoms with Crippen molar-refractivity contribution in [3.05, 3.63) is 59.7 Å². The van der Waals surface area contributed by atoms with E-state index in [4.69, 9.17) is 10.8 Å². The van der Waals surface area contributed by atoms with Gasteiger partial charge in [0.25, 0.3) is 0 Å². The lowest BCUT2D eigenvalue weighted by Gasteiger charge is -2.18. The summed E-state index contributed by atoms with van der Waals surface area (Å²) >= 11 is 0. The first-order valence-electron chi connectivity index (χ1n) is 6.51. The molecule has 2 aromatic rings. The van der Waals surface area contributed by atoms with Crippen LogP contribution in [-0.4, -0.2) is 11.7 Å². The maximum Gasteiger partial charge on any atom is 0.0485 e. The van der Waals surface area contributed by atoms with Crippen molar-refractivity contribution in [2.75, 3.05) is 17.7 Å². The highest BCUT2D eigenvalue weighted by molar-refractivity contribution is 5.53. The van der Waals surface area contributed by atoms with Crippen molar-refractivity contribution in [1.82, 2.24) is 0 Å². The molecule has 3 nitrogen and oxygen atoms in total. The van der Waals surface area contributed by atoms with Gasteiger partial charge in [0, 0.05) is 24.0 Å². The van der Waals surface area contributed by atoms with E-state index in [2.05, 4.69) is 12.2 Å². The fourth-order valence-corrected chi connectivity index (χ4v) is 2.10. The summed E-state index contributed by atoms with van der Waals surface area (Å²) in [5.74, 6) is 0. The van der Waals surface area contributed by atoms with Crippen LogP contribution in [0.1, 0.15) is 24.1 Å². The molecule has 0 radical (unpaired) electrons. The number of benzene rings is 2. The Bertz CT molecular complexity index is 523. The van der Waals surface area contributed by atoms with E-state index in [0.29, 0.717) is 6.42 Å². The first-order valence-corrected chi connectivity index (χ1v) is 6.51. The number of aliphatic hydroxyl groups excluding tert-OH is 1. The van der Waals surface area contributed by atoms with Crippen LogP contribution in [0, 0.1) is 0 Å². The van der Waals surface area contributed by atoms with Crippen LogP contribution in [0.2, 0.25) is 0 Å². The number of anilines is 2.